The average Bonchev–Trinajstić information content (AvgIpc) is 3.14. The van der Waals surface area contributed by atoms with Crippen molar-refractivity contribution in [2.45, 2.75) is 31.0 Å². The number of sulfonamides is 1. The molecular weight excluding hydrogens is 416 g/mol. The van der Waals surface area contributed by atoms with Crippen LogP contribution in [0.2, 0.25) is 0 Å². The number of methoxy groups -OCH3 is 1. The minimum atomic E-state index is -3.77. The molecule has 0 bridgehead atoms. The summed E-state index contributed by atoms with van der Waals surface area (Å²) in [5, 5.41) is 4.64. The van der Waals surface area contributed by atoms with Gasteiger partial charge in [0.15, 0.2) is 0 Å². The molecule has 1 aliphatic heterocycles. The van der Waals surface area contributed by atoms with E-state index in [9.17, 15) is 18.0 Å². The number of carbonyl (C=O) groups excluding carboxylic acids is 2. The Hall–Kier alpha value is -2.27. The number of thiophene rings is 1. The molecule has 2 aromatic rings. The summed E-state index contributed by atoms with van der Waals surface area (Å²) in [6, 6.07) is 7.38. The number of morpholine rings is 1. The third-order valence-electron chi connectivity index (χ3n) is 4.42. The van der Waals surface area contributed by atoms with Crippen molar-refractivity contribution in [1.29, 1.82) is 0 Å². The van der Waals surface area contributed by atoms with Gasteiger partial charge in [-0.1, -0.05) is 6.07 Å². The van der Waals surface area contributed by atoms with E-state index in [0.29, 0.717) is 5.00 Å². The Labute approximate surface area is 173 Å². The highest BCUT2D eigenvalue weighted by Gasteiger charge is 2.32. The lowest BCUT2D eigenvalue weighted by atomic mass is 10.2. The first-order chi connectivity index (χ1) is 13.7. The molecule has 0 spiro atoms. The maximum absolute atomic E-state index is 13.0. The second-order valence-corrected chi connectivity index (χ2v) is 9.57. The van der Waals surface area contributed by atoms with Crippen molar-refractivity contribution in [1.82, 2.24) is 4.31 Å². The molecule has 1 aromatic carbocycles. The minimum absolute atomic E-state index is 0.0332. The SMILES string of the molecule is COC(=O)c1ccsc1NC(=O)c1cccc(S(=O)(=O)N2CC(C)OC(C)C2)c1. The number of nitrogens with one attached hydrogen (secondary N) is 1. The highest BCUT2D eigenvalue weighted by molar-refractivity contribution is 7.89. The van der Waals surface area contributed by atoms with Gasteiger partial charge < -0.3 is 14.8 Å². The molecule has 3 rings (SSSR count). The average molecular weight is 439 g/mol. The van der Waals surface area contributed by atoms with Crippen molar-refractivity contribution < 1.29 is 27.5 Å². The number of benzene rings is 1. The van der Waals surface area contributed by atoms with Crippen LogP contribution in [0.1, 0.15) is 34.6 Å². The van der Waals surface area contributed by atoms with E-state index in [1.165, 1.54) is 47.0 Å². The molecular formula is C19H22N2O6S2. The molecule has 1 saturated heterocycles. The van der Waals surface area contributed by atoms with E-state index in [4.69, 9.17) is 9.47 Å². The fourth-order valence-corrected chi connectivity index (χ4v) is 5.53. The van der Waals surface area contributed by atoms with Crippen LogP contribution in [0.25, 0.3) is 0 Å². The lowest BCUT2D eigenvalue weighted by Crippen LogP contribution is -2.48. The molecule has 1 N–H and O–H groups in total. The summed E-state index contributed by atoms with van der Waals surface area (Å²) in [7, 11) is -2.51. The summed E-state index contributed by atoms with van der Waals surface area (Å²) in [5.41, 5.74) is 0.413. The van der Waals surface area contributed by atoms with E-state index in [0.717, 1.165) is 0 Å². The Balaban J connectivity index is 1.83. The molecule has 0 radical (unpaired) electrons. The lowest BCUT2D eigenvalue weighted by molar-refractivity contribution is -0.0440. The highest BCUT2D eigenvalue weighted by Crippen LogP contribution is 2.26. The summed E-state index contributed by atoms with van der Waals surface area (Å²) in [4.78, 5) is 24.4. The van der Waals surface area contributed by atoms with Gasteiger partial charge in [0, 0.05) is 18.7 Å². The van der Waals surface area contributed by atoms with Crippen molar-refractivity contribution in [3.63, 3.8) is 0 Å². The van der Waals surface area contributed by atoms with Gasteiger partial charge in [-0.3, -0.25) is 4.79 Å². The molecule has 1 amide bonds. The van der Waals surface area contributed by atoms with Gasteiger partial charge in [0.05, 0.1) is 29.8 Å². The summed E-state index contributed by atoms with van der Waals surface area (Å²) >= 11 is 1.18. The van der Waals surface area contributed by atoms with Gasteiger partial charge in [0.2, 0.25) is 10.0 Å². The minimum Gasteiger partial charge on any atom is -0.465 e. The Morgan fingerprint density at radius 1 is 1.21 bits per heavy atom. The van der Waals surface area contributed by atoms with Crippen LogP contribution in [0.4, 0.5) is 5.00 Å². The van der Waals surface area contributed by atoms with Crippen LogP contribution >= 0.6 is 11.3 Å². The predicted octanol–water partition coefficient (Wildman–Crippen LogP) is 2.58. The third kappa shape index (κ3) is 4.67. The maximum Gasteiger partial charge on any atom is 0.340 e. The Morgan fingerprint density at radius 2 is 1.90 bits per heavy atom. The smallest absolute Gasteiger partial charge is 0.340 e. The molecule has 1 aromatic heterocycles. The number of rotatable bonds is 5. The van der Waals surface area contributed by atoms with E-state index in [2.05, 4.69) is 5.32 Å². The highest BCUT2D eigenvalue weighted by atomic mass is 32.2. The number of anilines is 1. The second kappa shape index (κ2) is 8.62. The molecule has 1 aliphatic rings. The number of hydrogen-bond donors (Lipinski definition) is 1. The van der Waals surface area contributed by atoms with Crippen LogP contribution in [0.15, 0.2) is 40.6 Å². The fraction of sp³-hybridized carbons (Fsp3) is 0.368. The van der Waals surface area contributed by atoms with Crippen molar-refractivity contribution >= 4 is 38.2 Å². The molecule has 2 heterocycles. The Kier molecular flexibility index (Phi) is 6.37. The lowest BCUT2D eigenvalue weighted by Gasteiger charge is -2.34. The number of amides is 1. The monoisotopic (exact) mass is 438 g/mol. The van der Waals surface area contributed by atoms with Gasteiger partial charge >= 0.3 is 5.97 Å². The molecule has 0 saturated carbocycles. The van der Waals surface area contributed by atoms with E-state index in [1.807, 2.05) is 13.8 Å². The fourth-order valence-electron chi connectivity index (χ4n) is 3.13. The topological polar surface area (TPSA) is 102 Å². The van der Waals surface area contributed by atoms with Gasteiger partial charge in [-0.25, -0.2) is 13.2 Å². The number of esters is 1. The van der Waals surface area contributed by atoms with Gasteiger partial charge in [0.25, 0.3) is 5.91 Å². The number of carbonyl (C=O) groups is 2. The number of hydrogen-bond acceptors (Lipinski definition) is 7. The zero-order chi connectivity index (χ0) is 21.2. The molecule has 1 fully saturated rings. The molecule has 2 unspecified atom stereocenters. The molecule has 8 nitrogen and oxygen atoms in total. The summed E-state index contributed by atoms with van der Waals surface area (Å²) < 4.78 is 37.7. The van der Waals surface area contributed by atoms with Crippen molar-refractivity contribution in [3.05, 3.63) is 46.8 Å². The van der Waals surface area contributed by atoms with Crippen molar-refractivity contribution in [2.24, 2.45) is 0 Å². The standard InChI is InChI=1S/C19H22N2O6S2/c1-12-10-21(11-13(2)27-12)29(24,25)15-6-4-5-14(9-15)17(22)20-18-16(7-8-28-18)19(23)26-3/h4-9,12-13H,10-11H2,1-3H3,(H,20,22). The van der Waals surface area contributed by atoms with Crippen LogP contribution in [0.5, 0.6) is 0 Å². The van der Waals surface area contributed by atoms with Crippen molar-refractivity contribution in [3.8, 4) is 0 Å². The Bertz CT molecular complexity index is 1010. The van der Waals surface area contributed by atoms with Crippen LogP contribution in [0.3, 0.4) is 0 Å². The second-order valence-electron chi connectivity index (χ2n) is 6.72. The molecule has 29 heavy (non-hydrogen) atoms. The zero-order valence-electron chi connectivity index (χ0n) is 16.2. The van der Waals surface area contributed by atoms with Crippen LogP contribution < -0.4 is 5.32 Å². The number of ether oxygens (including phenoxy) is 2. The predicted molar refractivity (Wildman–Crippen MR) is 109 cm³/mol. The first kappa shape index (κ1) is 21.4. The molecule has 156 valence electrons. The molecule has 10 heteroatoms. The van der Waals surface area contributed by atoms with Crippen molar-refractivity contribution in [2.75, 3.05) is 25.5 Å². The van der Waals surface area contributed by atoms with Gasteiger partial charge in [-0.05, 0) is 43.5 Å². The molecule has 0 aliphatic carbocycles. The Morgan fingerprint density at radius 3 is 2.55 bits per heavy atom. The first-order valence-corrected chi connectivity index (χ1v) is 11.3. The van der Waals surface area contributed by atoms with Crippen LogP contribution in [0, 0.1) is 0 Å². The quantitative estimate of drug-likeness (QED) is 0.720. The van der Waals surface area contributed by atoms with E-state index >= 15 is 0 Å². The number of nitrogens with zero attached hydrogens (tertiary/aromatic N) is 1. The van der Waals surface area contributed by atoms with E-state index in [-0.39, 0.29) is 41.3 Å². The summed E-state index contributed by atoms with van der Waals surface area (Å²) in [6.07, 6.45) is -0.425. The van der Waals surface area contributed by atoms with E-state index in [1.54, 1.807) is 11.4 Å². The summed E-state index contributed by atoms with van der Waals surface area (Å²) in [5.74, 6) is -1.08. The largest absolute Gasteiger partial charge is 0.465 e. The zero-order valence-corrected chi connectivity index (χ0v) is 17.9. The first-order valence-electron chi connectivity index (χ1n) is 8.95. The van der Waals surface area contributed by atoms with Gasteiger partial charge in [-0.15, -0.1) is 11.3 Å². The van der Waals surface area contributed by atoms with Gasteiger partial charge in [0.1, 0.15) is 5.00 Å². The van der Waals surface area contributed by atoms with Crippen LogP contribution in [-0.2, 0) is 19.5 Å². The van der Waals surface area contributed by atoms with Crippen LogP contribution in [-0.4, -0.2) is 57.0 Å². The van der Waals surface area contributed by atoms with Gasteiger partial charge in [-0.2, -0.15) is 4.31 Å². The summed E-state index contributed by atoms with van der Waals surface area (Å²) in [6.45, 7) is 4.14. The molecule has 2 atom stereocenters. The third-order valence-corrected chi connectivity index (χ3v) is 7.08. The van der Waals surface area contributed by atoms with E-state index < -0.39 is 21.9 Å². The maximum atomic E-state index is 13.0. The normalized spacial score (nSPS) is 20.2.